The van der Waals surface area contributed by atoms with Gasteiger partial charge in [0.05, 0.1) is 14.2 Å². The largest absolute Gasteiger partial charge is 0.493 e. The number of methoxy groups -OCH3 is 2. The molecule has 7 nitrogen and oxygen atoms in total. The molecule has 7 heteroatoms. The molecule has 3 amide bonds. The molecule has 0 saturated carbocycles. The van der Waals surface area contributed by atoms with Crippen LogP contribution in [-0.4, -0.2) is 60.6 Å². The van der Waals surface area contributed by atoms with E-state index in [0.29, 0.717) is 0 Å². The summed E-state index contributed by atoms with van der Waals surface area (Å²) in [6.07, 6.45) is 3.19. The highest BCUT2D eigenvalue weighted by atomic mass is 16.5. The SMILES string of the molecule is COc1cccc(CN2CCC(C3(C)NC(=O)N(C4Cc5ccccc5C4)C3=O)CC2)c1OC. The van der Waals surface area contributed by atoms with Crippen LogP contribution in [0.2, 0.25) is 0 Å². The van der Waals surface area contributed by atoms with Crippen molar-refractivity contribution in [2.45, 2.75) is 50.7 Å². The number of para-hydroxylation sites is 1. The van der Waals surface area contributed by atoms with E-state index in [-0.39, 0.29) is 23.9 Å². The molecule has 2 aromatic rings. The highest BCUT2D eigenvalue weighted by Crippen LogP contribution is 2.38. The summed E-state index contributed by atoms with van der Waals surface area (Å²) >= 11 is 0. The molecule has 2 aliphatic heterocycles. The predicted octanol–water partition coefficient (Wildman–Crippen LogP) is 3.39. The third-order valence-corrected chi connectivity index (χ3v) is 7.93. The second-order valence-corrected chi connectivity index (χ2v) is 9.84. The third kappa shape index (κ3) is 3.82. The smallest absolute Gasteiger partial charge is 0.325 e. The van der Waals surface area contributed by atoms with Crippen LogP contribution in [0, 0.1) is 5.92 Å². The van der Waals surface area contributed by atoms with Gasteiger partial charge in [-0.3, -0.25) is 14.6 Å². The molecule has 0 spiro atoms. The van der Waals surface area contributed by atoms with Gasteiger partial charge in [0, 0.05) is 18.2 Å². The predicted molar refractivity (Wildman–Crippen MR) is 129 cm³/mol. The summed E-state index contributed by atoms with van der Waals surface area (Å²) in [6, 6.07) is 13.8. The molecule has 2 saturated heterocycles. The van der Waals surface area contributed by atoms with E-state index in [0.717, 1.165) is 62.4 Å². The van der Waals surface area contributed by atoms with Crippen LogP contribution in [0.25, 0.3) is 0 Å². The zero-order valence-corrected chi connectivity index (χ0v) is 20.2. The van der Waals surface area contributed by atoms with Gasteiger partial charge in [0.1, 0.15) is 5.54 Å². The van der Waals surface area contributed by atoms with E-state index in [2.05, 4.69) is 28.4 Å². The number of rotatable bonds is 6. The number of benzene rings is 2. The van der Waals surface area contributed by atoms with Gasteiger partial charge >= 0.3 is 6.03 Å². The number of carbonyl (C=O) groups excluding carboxylic acids is 2. The minimum atomic E-state index is -0.842. The Bertz CT molecular complexity index is 1070. The minimum absolute atomic E-state index is 0.0665. The van der Waals surface area contributed by atoms with E-state index in [9.17, 15) is 9.59 Å². The Morgan fingerprint density at radius 2 is 1.65 bits per heavy atom. The Morgan fingerprint density at radius 1 is 0.971 bits per heavy atom. The first-order chi connectivity index (χ1) is 16.4. The highest BCUT2D eigenvalue weighted by molar-refractivity contribution is 6.07. The number of imide groups is 1. The molecule has 34 heavy (non-hydrogen) atoms. The molecule has 1 aliphatic carbocycles. The average molecular weight is 464 g/mol. The Kier molecular flexibility index (Phi) is 5.98. The maximum absolute atomic E-state index is 13.6. The molecule has 0 radical (unpaired) electrons. The summed E-state index contributed by atoms with van der Waals surface area (Å²) in [5, 5.41) is 3.08. The lowest BCUT2D eigenvalue weighted by Crippen LogP contribution is -2.54. The van der Waals surface area contributed by atoms with Crippen molar-refractivity contribution in [1.82, 2.24) is 15.1 Å². The van der Waals surface area contributed by atoms with Gasteiger partial charge in [0.2, 0.25) is 0 Å². The standard InChI is InChI=1S/C27H33N3O4/c1-27(25(31)30(26(32)28-27)22-15-18-7-4-5-8-19(18)16-22)21-11-13-29(14-12-21)17-20-9-6-10-23(33-2)24(20)34-3/h4-10,21-22H,11-17H2,1-3H3,(H,28,32). The van der Waals surface area contributed by atoms with E-state index in [1.165, 1.54) is 16.0 Å². The maximum atomic E-state index is 13.6. The van der Waals surface area contributed by atoms with E-state index >= 15 is 0 Å². The number of hydrogen-bond donors (Lipinski definition) is 1. The molecule has 1 unspecified atom stereocenters. The zero-order chi connectivity index (χ0) is 23.9. The van der Waals surface area contributed by atoms with Crippen LogP contribution in [0.5, 0.6) is 11.5 Å². The summed E-state index contributed by atoms with van der Waals surface area (Å²) in [7, 11) is 3.31. The Balaban J connectivity index is 1.24. The van der Waals surface area contributed by atoms with Crippen molar-refractivity contribution in [2.75, 3.05) is 27.3 Å². The second-order valence-electron chi connectivity index (χ2n) is 9.84. The summed E-state index contributed by atoms with van der Waals surface area (Å²) in [4.78, 5) is 30.5. The molecular formula is C27H33N3O4. The van der Waals surface area contributed by atoms with Crippen LogP contribution >= 0.6 is 0 Å². The normalized spacial score (nSPS) is 23.8. The van der Waals surface area contributed by atoms with E-state index in [1.54, 1.807) is 14.2 Å². The number of amides is 3. The van der Waals surface area contributed by atoms with Crippen LogP contribution in [0.15, 0.2) is 42.5 Å². The van der Waals surface area contributed by atoms with Gasteiger partial charge in [-0.05, 0) is 68.8 Å². The molecule has 2 aromatic carbocycles. The first-order valence-electron chi connectivity index (χ1n) is 12.1. The fourth-order valence-electron chi connectivity index (χ4n) is 5.99. The van der Waals surface area contributed by atoms with Crippen LogP contribution in [-0.2, 0) is 24.2 Å². The number of piperidine rings is 1. The van der Waals surface area contributed by atoms with Crippen molar-refractivity contribution in [3.8, 4) is 11.5 Å². The molecule has 3 aliphatic rings. The van der Waals surface area contributed by atoms with Crippen molar-refractivity contribution in [3.63, 3.8) is 0 Å². The first kappa shape index (κ1) is 22.7. The number of carbonyl (C=O) groups is 2. The van der Waals surface area contributed by atoms with Crippen molar-refractivity contribution in [3.05, 3.63) is 59.2 Å². The van der Waals surface area contributed by atoms with Crippen LogP contribution in [0.4, 0.5) is 4.79 Å². The maximum Gasteiger partial charge on any atom is 0.325 e. The van der Waals surface area contributed by atoms with Gasteiger partial charge in [0.25, 0.3) is 5.91 Å². The van der Waals surface area contributed by atoms with Crippen LogP contribution < -0.4 is 14.8 Å². The lowest BCUT2D eigenvalue weighted by Gasteiger charge is -2.39. The lowest BCUT2D eigenvalue weighted by atomic mass is 9.78. The number of ether oxygens (including phenoxy) is 2. The number of likely N-dealkylation sites (tertiary alicyclic amines) is 1. The van der Waals surface area contributed by atoms with Crippen molar-refractivity contribution < 1.29 is 19.1 Å². The topological polar surface area (TPSA) is 71.1 Å². The minimum Gasteiger partial charge on any atom is -0.493 e. The molecule has 0 aromatic heterocycles. The zero-order valence-electron chi connectivity index (χ0n) is 20.2. The second kappa shape index (κ2) is 8.95. The van der Waals surface area contributed by atoms with Crippen LogP contribution in [0.3, 0.4) is 0 Å². The first-order valence-corrected chi connectivity index (χ1v) is 12.1. The third-order valence-electron chi connectivity index (χ3n) is 7.93. The number of nitrogens with zero attached hydrogens (tertiary/aromatic N) is 2. The number of fused-ring (bicyclic) bond motifs is 1. The summed E-state index contributed by atoms with van der Waals surface area (Å²) < 4.78 is 11.0. The van der Waals surface area contributed by atoms with Gasteiger partial charge in [-0.15, -0.1) is 0 Å². The quantitative estimate of drug-likeness (QED) is 0.665. The number of hydrogen-bond acceptors (Lipinski definition) is 5. The average Bonchev–Trinajstić information content (AvgIpc) is 3.37. The number of nitrogens with one attached hydrogen (secondary N) is 1. The summed E-state index contributed by atoms with van der Waals surface area (Å²) in [5.74, 6) is 1.55. The van der Waals surface area contributed by atoms with Gasteiger partial charge in [-0.2, -0.15) is 0 Å². The fraction of sp³-hybridized carbons (Fsp3) is 0.481. The number of urea groups is 1. The molecule has 2 heterocycles. The van der Waals surface area contributed by atoms with Gasteiger partial charge in [-0.25, -0.2) is 4.79 Å². The Hall–Kier alpha value is -3.06. The van der Waals surface area contributed by atoms with Crippen molar-refractivity contribution in [2.24, 2.45) is 5.92 Å². The Morgan fingerprint density at radius 3 is 2.26 bits per heavy atom. The molecule has 0 bridgehead atoms. The molecule has 180 valence electrons. The molecule has 2 fully saturated rings. The molecule has 1 N–H and O–H groups in total. The van der Waals surface area contributed by atoms with Gasteiger partial charge in [-0.1, -0.05) is 36.4 Å². The summed E-state index contributed by atoms with van der Waals surface area (Å²) in [5.41, 5.74) is 2.72. The molecule has 5 rings (SSSR count). The van der Waals surface area contributed by atoms with Gasteiger partial charge in [0.15, 0.2) is 11.5 Å². The van der Waals surface area contributed by atoms with E-state index in [1.807, 2.05) is 31.2 Å². The lowest BCUT2D eigenvalue weighted by molar-refractivity contribution is -0.134. The Labute approximate surface area is 201 Å². The molecular weight excluding hydrogens is 430 g/mol. The molecule has 1 atom stereocenters. The van der Waals surface area contributed by atoms with E-state index < -0.39 is 5.54 Å². The highest BCUT2D eigenvalue weighted by Gasteiger charge is 2.55. The van der Waals surface area contributed by atoms with Crippen LogP contribution in [0.1, 0.15) is 36.5 Å². The fourth-order valence-corrected chi connectivity index (χ4v) is 5.99. The monoisotopic (exact) mass is 463 g/mol. The van der Waals surface area contributed by atoms with Crippen molar-refractivity contribution in [1.29, 1.82) is 0 Å². The van der Waals surface area contributed by atoms with Gasteiger partial charge < -0.3 is 14.8 Å². The van der Waals surface area contributed by atoms with E-state index in [4.69, 9.17) is 9.47 Å². The van der Waals surface area contributed by atoms with Crippen molar-refractivity contribution >= 4 is 11.9 Å². The summed E-state index contributed by atoms with van der Waals surface area (Å²) in [6.45, 7) is 4.40.